The maximum absolute atomic E-state index is 14.5. The largest absolute Gasteiger partial charge is 0.490 e. The van der Waals surface area contributed by atoms with Crippen molar-refractivity contribution < 1.29 is 28.0 Å². The third kappa shape index (κ3) is 7.74. The summed E-state index contributed by atoms with van der Waals surface area (Å²) in [5.74, 6) is 0.704. The van der Waals surface area contributed by atoms with Crippen molar-refractivity contribution in [3.05, 3.63) is 70.3 Å². The van der Waals surface area contributed by atoms with Gasteiger partial charge in [0.1, 0.15) is 15.7 Å². The molecule has 0 aromatic heterocycles. The van der Waals surface area contributed by atoms with Crippen molar-refractivity contribution in [1.29, 1.82) is 0 Å². The number of hydrogen-bond donors (Lipinski definition) is 2. The van der Waals surface area contributed by atoms with Gasteiger partial charge in [0, 0.05) is 48.8 Å². The van der Waals surface area contributed by atoms with Crippen LogP contribution in [0, 0.1) is 17.8 Å². The van der Waals surface area contributed by atoms with E-state index >= 15 is 0 Å². The Bertz CT molecular complexity index is 1840. The Kier molecular flexibility index (Phi) is 10.7. The van der Waals surface area contributed by atoms with E-state index in [1.165, 1.54) is 11.1 Å². The quantitative estimate of drug-likeness (QED) is 0.310. The number of halogens is 1. The first-order chi connectivity index (χ1) is 24.9. The number of amides is 3. The molecule has 3 amide bonds. The zero-order valence-corrected chi connectivity index (χ0v) is 32.4. The van der Waals surface area contributed by atoms with Gasteiger partial charge in [0.15, 0.2) is 0 Å². The number of urea groups is 1. The number of ether oxygens (including phenoxy) is 3. The minimum Gasteiger partial charge on any atom is -0.490 e. The molecule has 2 aliphatic heterocycles. The average molecular weight is 753 g/mol. The summed E-state index contributed by atoms with van der Waals surface area (Å²) < 4.78 is 40.0. The number of methoxy groups -OCH3 is 1. The number of hydrogen-bond acceptors (Lipinski definition) is 7. The first-order valence-electron chi connectivity index (χ1n) is 18.9. The highest BCUT2D eigenvalue weighted by Crippen LogP contribution is 2.47. The molecule has 1 unspecified atom stereocenters. The van der Waals surface area contributed by atoms with Crippen molar-refractivity contribution in [2.45, 2.75) is 95.3 Å². The predicted octanol–water partition coefficient (Wildman–Crippen LogP) is 7.23. The van der Waals surface area contributed by atoms with Gasteiger partial charge in [0.25, 0.3) is 5.91 Å². The molecule has 2 heterocycles. The lowest BCUT2D eigenvalue weighted by Gasteiger charge is -2.46. The minimum absolute atomic E-state index is 0.0215. The summed E-state index contributed by atoms with van der Waals surface area (Å²) in [6.45, 7) is 8.55. The fourth-order valence-electron chi connectivity index (χ4n) is 9.28. The predicted molar refractivity (Wildman–Crippen MR) is 205 cm³/mol. The number of carbonyl (C=O) groups excluding carboxylic acids is 2. The molecule has 2 saturated carbocycles. The maximum Gasteiger partial charge on any atom is 0.327 e. The Morgan fingerprint density at radius 2 is 2.02 bits per heavy atom. The van der Waals surface area contributed by atoms with Gasteiger partial charge in [-0.05, 0) is 124 Å². The van der Waals surface area contributed by atoms with Crippen LogP contribution in [0.2, 0.25) is 5.02 Å². The molecule has 2 bridgehead atoms. The fraction of sp³-hybridized carbons (Fsp3) is 0.600. The van der Waals surface area contributed by atoms with Crippen LogP contribution in [0.15, 0.2) is 52.9 Å². The number of carbonyl (C=O) groups is 2. The molecule has 2 fully saturated rings. The molecule has 3 aliphatic carbocycles. The molecule has 5 aliphatic rings. The van der Waals surface area contributed by atoms with Crippen molar-refractivity contribution >= 4 is 39.1 Å². The molecule has 12 heteroatoms. The van der Waals surface area contributed by atoms with Crippen LogP contribution in [0.4, 0.5) is 10.5 Å². The van der Waals surface area contributed by atoms with E-state index in [9.17, 15) is 13.8 Å². The molecule has 6 atom stereocenters. The highest BCUT2D eigenvalue weighted by Gasteiger charge is 2.45. The number of nitrogens with one attached hydrogen (secondary N) is 2. The van der Waals surface area contributed by atoms with E-state index in [4.69, 9.17) is 25.8 Å². The van der Waals surface area contributed by atoms with Gasteiger partial charge in [0.05, 0.1) is 29.8 Å². The van der Waals surface area contributed by atoms with Crippen molar-refractivity contribution in [2.75, 3.05) is 44.1 Å². The number of rotatable bonds is 5. The summed E-state index contributed by atoms with van der Waals surface area (Å²) in [5, 5.41) is 3.66. The second-order valence-electron chi connectivity index (χ2n) is 16.0. The van der Waals surface area contributed by atoms with Crippen molar-refractivity contribution in [3.63, 3.8) is 0 Å². The molecule has 0 saturated heterocycles. The first-order valence-corrected chi connectivity index (χ1v) is 21.0. The summed E-state index contributed by atoms with van der Waals surface area (Å²) in [7, 11) is -1.73. The lowest BCUT2D eigenvalue weighted by molar-refractivity contribution is -0.0940. The summed E-state index contributed by atoms with van der Waals surface area (Å²) in [6.07, 6.45) is 11.2. The maximum atomic E-state index is 14.5. The number of nitrogens with zero attached hydrogens (tertiary/aromatic N) is 2. The lowest BCUT2D eigenvalue weighted by Crippen LogP contribution is -2.57. The van der Waals surface area contributed by atoms with Crippen LogP contribution >= 0.6 is 11.6 Å². The zero-order chi connectivity index (χ0) is 36.7. The number of aryl methyl sites for hydroxylation is 1. The Morgan fingerprint density at radius 3 is 2.77 bits per heavy atom. The van der Waals surface area contributed by atoms with Crippen LogP contribution in [-0.2, 0) is 31.2 Å². The number of allylic oxidation sites excluding steroid dienone is 1. The van der Waals surface area contributed by atoms with E-state index in [0.29, 0.717) is 55.6 Å². The van der Waals surface area contributed by atoms with Crippen molar-refractivity contribution in [3.8, 4) is 5.75 Å². The minimum atomic E-state index is -3.50. The van der Waals surface area contributed by atoms with Crippen LogP contribution in [0.1, 0.15) is 87.2 Å². The standard InChI is InChI=1S/C40H53ClN4O6S/c1-5-51-39(3)20-31(21-39)42-38(47)44-52(48)23-26(2)8-6-10-35(49-4)32-14-11-29(32)22-45-24-40(17-7-9-27-18-30(41)13-15-33(27)40)25-50-36-16-12-28(19-34(36)45)37(46)43-52/h6,10,12-13,15-16,18-19,26,29,31-32,35H,5,7-9,11,14,17,20-25H2,1-4H3,(H2,42,43,44,46,47,48)/b10-6+/t26-,29-,31-,32+,35-,39+,40-,52?/m0/s1. The highest BCUT2D eigenvalue weighted by molar-refractivity contribution is 7.92. The Balaban J connectivity index is 1.23. The molecule has 1 spiro atoms. The van der Waals surface area contributed by atoms with E-state index in [1.54, 1.807) is 13.2 Å². The van der Waals surface area contributed by atoms with Gasteiger partial charge in [-0.2, -0.15) is 0 Å². The Hall–Kier alpha value is -3.12. The van der Waals surface area contributed by atoms with Crippen molar-refractivity contribution in [2.24, 2.45) is 22.1 Å². The molecule has 0 radical (unpaired) electrons. The van der Waals surface area contributed by atoms with Crippen LogP contribution in [0.25, 0.3) is 0 Å². The Morgan fingerprint density at radius 1 is 1.19 bits per heavy atom. The van der Waals surface area contributed by atoms with E-state index in [-0.39, 0.29) is 34.8 Å². The molecule has 2 N–H and O–H groups in total. The van der Waals surface area contributed by atoms with Crippen LogP contribution in [0.5, 0.6) is 5.75 Å². The van der Waals surface area contributed by atoms with E-state index in [0.717, 1.165) is 55.9 Å². The van der Waals surface area contributed by atoms with Crippen LogP contribution in [-0.4, -0.2) is 73.1 Å². The highest BCUT2D eigenvalue weighted by atomic mass is 35.5. The van der Waals surface area contributed by atoms with Crippen molar-refractivity contribution in [1.82, 2.24) is 10.0 Å². The number of anilines is 1. The monoisotopic (exact) mass is 752 g/mol. The summed E-state index contributed by atoms with van der Waals surface area (Å²) >= 11 is 6.46. The molecule has 7 rings (SSSR count). The van der Waals surface area contributed by atoms with E-state index in [2.05, 4.69) is 43.6 Å². The molecule has 2 aromatic carbocycles. The molecule has 2 aromatic rings. The van der Waals surface area contributed by atoms with Crippen LogP contribution in [0.3, 0.4) is 0 Å². The summed E-state index contributed by atoms with van der Waals surface area (Å²) in [6, 6.07) is 10.9. The van der Waals surface area contributed by atoms with Gasteiger partial charge in [-0.25, -0.2) is 9.00 Å². The smallest absolute Gasteiger partial charge is 0.327 e. The fourth-order valence-corrected chi connectivity index (χ4v) is 11.3. The average Bonchev–Trinajstić information content (AvgIpc) is 3.21. The first kappa shape index (κ1) is 37.2. The second-order valence-corrected chi connectivity index (χ2v) is 18.5. The van der Waals surface area contributed by atoms with E-state index < -0.39 is 21.9 Å². The van der Waals surface area contributed by atoms with Gasteiger partial charge >= 0.3 is 6.03 Å². The topological polar surface area (TPSA) is 119 Å². The van der Waals surface area contributed by atoms with Gasteiger partial charge < -0.3 is 24.4 Å². The normalized spacial score (nSPS) is 35.0. The van der Waals surface area contributed by atoms with Gasteiger partial charge in [0.2, 0.25) is 0 Å². The van der Waals surface area contributed by atoms with E-state index in [1.807, 2.05) is 39.0 Å². The molecular weight excluding hydrogens is 700 g/mol. The van der Waals surface area contributed by atoms with Gasteiger partial charge in [-0.3, -0.25) is 9.52 Å². The third-order valence-corrected chi connectivity index (χ3v) is 14.2. The van der Waals surface area contributed by atoms with Gasteiger partial charge in [-0.1, -0.05) is 36.7 Å². The third-order valence-electron chi connectivity index (χ3n) is 12.0. The molecule has 10 nitrogen and oxygen atoms in total. The van der Waals surface area contributed by atoms with Gasteiger partial charge in [-0.15, -0.1) is 4.36 Å². The van der Waals surface area contributed by atoms with Crippen LogP contribution < -0.4 is 19.7 Å². The summed E-state index contributed by atoms with van der Waals surface area (Å²) in [5.41, 5.74) is 3.14. The lowest BCUT2D eigenvalue weighted by atomic mass is 9.68. The summed E-state index contributed by atoms with van der Waals surface area (Å²) in [4.78, 5) is 29.6. The SMILES string of the molecule is CCO[C@]1(C)C[C@H](NC(=O)NS2(=O)=NC(=O)c3ccc4c(c3)N(C[C@@H]3CC[C@H]3[C@@H](OC)/C=C/C[C@H](C)C2)C[C@@]2(CCCc3cc(Cl)ccc32)CO4)C1. The number of benzene rings is 2. The number of fused-ring (bicyclic) bond motifs is 4. The molecular formula is C40H53ClN4O6S. The second kappa shape index (κ2) is 15.0. The Labute approximate surface area is 313 Å². The zero-order valence-electron chi connectivity index (χ0n) is 30.8. The molecule has 52 heavy (non-hydrogen) atoms. The molecule has 282 valence electrons.